The van der Waals surface area contributed by atoms with Crippen molar-refractivity contribution in [3.8, 4) is 0 Å². The van der Waals surface area contributed by atoms with Gasteiger partial charge in [0.2, 0.25) is 11.8 Å². The Morgan fingerprint density at radius 3 is 2.58 bits per heavy atom. The molecule has 2 unspecified atom stereocenters. The maximum Gasteiger partial charge on any atom is 0.253 e. The highest BCUT2D eigenvalue weighted by Crippen LogP contribution is 2.59. The summed E-state index contributed by atoms with van der Waals surface area (Å²) in [7, 11) is 1.69. The van der Waals surface area contributed by atoms with Gasteiger partial charge in [-0.25, -0.2) is 0 Å². The van der Waals surface area contributed by atoms with E-state index in [0.29, 0.717) is 31.5 Å². The molecule has 2 aromatic carbocycles. The molecule has 3 heterocycles. The standard InChI is InChI=1S/C30H35N3O5/c1-4-15-31(3)27(35)24-23-13-14-30(38-23)25(24)28(36)33(17-8-18-34)26(30)29(37)32(16-5-2)22-12-11-20-9-6-7-10-21(20)19-22/h4-7,9-12,19,23-26,34H,1-2,8,13-18H2,3H3/t23-,24+,25-,26?,30?/m0/s1. The summed E-state index contributed by atoms with van der Waals surface area (Å²) in [6.07, 6.45) is 4.36. The number of ether oxygens (including phenoxy) is 1. The summed E-state index contributed by atoms with van der Waals surface area (Å²) in [4.78, 5) is 46.7. The predicted molar refractivity (Wildman–Crippen MR) is 145 cm³/mol. The molecule has 3 aliphatic heterocycles. The van der Waals surface area contributed by atoms with Gasteiger partial charge >= 0.3 is 0 Å². The SMILES string of the molecule is C=CCN(C)C(=O)[C@@H]1[C@@H]2CCC3(O2)C(C(=O)N(CC=C)c2ccc4ccccc4c2)N(CCCO)C(=O)[C@H]13. The van der Waals surface area contributed by atoms with Gasteiger partial charge in [-0.15, -0.1) is 13.2 Å². The topological polar surface area (TPSA) is 90.4 Å². The van der Waals surface area contributed by atoms with Crippen LogP contribution in [-0.4, -0.2) is 83.7 Å². The Morgan fingerprint density at radius 2 is 1.87 bits per heavy atom. The summed E-state index contributed by atoms with van der Waals surface area (Å²) in [5.74, 6) is -2.06. The minimum atomic E-state index is -1.08. The van der Waals surface area contributed by atoms with Crippen LogP contribution in [0.1, 0.15) is 19.3 Å². The molecule has 3 aliphatic rings. The van der Waals surface area contributed by atoms with Crippen molar-refractivity contribution in [2.45, 2.75) is 37.0 Å². The Hall–Kier alpha value is -3.49. The molecule has 0 radical (unpaired) electrons. The minimum Gasteiger partial charge on any atom is -0.396 e. The number of aliphatic hydroxyl groups is 1. The maximum absolute atomic E-state index is 14.5. The molecular formula is C30H35N3O5. The van der Waals surface area contributed by atoms with Gasteiger partial charge in [-0.3, -0.25) is 14.4 Å². The van der Waals surface area contributed by atoms with Crippen molar-refractivity contribution in [2.75, 3.05) is 38.2 Å². The van der Waals surface area contributed by atoms with Gasteiger partial charge in [0.15, 0.2) is 0 Å². The van der Waals surface area contributed by atoms with E-state index in [4.69, 9.17) is 4.74 Å². The highest BCUT2D eigenvalue weighted by Gasteiger charge is 2.74. The molecule has 200 valence electrons. The van der Waals surface area contributed by atoms with Gasteiger partial charge in [-0.1, -0.05) is 42.5 Å². The fraction of sp³-hybridized carbons (Fsp3) is 0.433. The Morgan fingerprint density at radius 1 is 1.13 bits per heavy atom. The third-order valence-electron chi connectivity index (χ3n) is 8.28. The number of hydrogen-bond donors (Lipinski definition) is 1. The molecule has 0 saturated carbocycles. The van der Waals surface area contributed by atoms with Crippen LogP contribution < -0.4 is 4.90 Å². The molecule has 0 aromatic heterocycles. The van der Waals surface area contributed by atoms with E-state index in [9.17, 15) is 19.5 Å². The van der Waals surface area contributed by atoms with Crippen molar-refractivity contribution in [1.82, 2.24) is 9.80 Å². The number of likely N-dealkylation sites (N-methyl/N-ethyl adjacent to an activating group) is 1. The average molecular weight is 518 g/mol. The normalized spacial score (nSPS) is 27.4. The van der Waals surface area contributed by atoms with Crippen molar-refractivity contribution in [3.63, 3.8) is 0 Å². The number of nitrogens with zero attached hydrogens (tertiary/aromatic N) is 3. The van der Waals surface area contributed by atoms with Gasteiger partial charge in [-0.2, -0.15) is 0 Å². The van der Waals surface area contributed by atoms with Gasteiger partial charge in [0, 0.05) is 39.0 Å². The lowest BCUT2D eigenvalue weighted by Crippen LogP contribution is -2.56. The van der Waals surface area contributed by atoms with Gasteiger partial charge in [-0.05, 0) is 42.2 Å². The highest BCUT2D eigenvalue weighted by molar-refractivity contribution is 6.05. The first-order valence-electron chi connectivity index (χ1n) is 13.2. The van der Waals surface area contributed by atoms with E-state index < -0.39 is 29.6 Å². The summed E-state index contributed by atoms with van der Waals surface area (Å²) < 4.78 is 6.52. The molecule has 1 N–H and O–H groups in total. The fourth-order valence-corrected chi connectivity index (χ4v) is 6.68. The monoisotopic (exact) mass is 517 g/mol. The second kappa shape index (κ2) is 10.3. The van der Waals surface area contributed by atoms with Crippen LogP contribution in [0.25, 0.3) is 10.8 Å². The maximum atomic E-state index is 14.5. The number of aliphatic hydroxyl groups excluding tert-OH is 1. The van der Waals surface area contributed by atoms with E-state index in [1.54, 1.807) is 33.9 Å². The van der Waals surface area contributed by atoms with E-state index in [1.165, 1.54) is 0 Å². The summed E-state index contributed by atoms with van der Waals surface area (Å²) in [6, 6.07) is 12.9. The largest absolute Gasteiger partial charge is 0.396 e. The number of rotatable bonds is 10. The number of hydrogen-bond acceptors (Lipinski definition) is 5. The van der Waals surface area contributed by atoms with E-state index in [-0.39, 0.29) is 37.4 Å². The number of fused-ring (bicyclic) bond motifs is 2. The van der Waals surface area contributed by atoms with Gasteiger partial charge in [0.05, 0.1) is 17.9 Å². The van der Waals surface area contributed by atoms with Crippen molar-refractivity contribution < 1.29 is 24.2 Å². The zero-order valence-corrected chi connectivity index (χ0v) is 21.8. The van der Waals surface area contributed by atoms with Crippen LogP contribution in [0.15, 0.2) is 67.8 Å². The summed E-state index contributed by atoms with van der Waals surface area (Å²) >= 11 is 0. The average Bonchev–Trinajstić information content (AvgIpc) is 3.57. The number of carbonyl (C=O) groups is 3. The molecule has 8 heteroatoms. The first-order valence-corrected chi connectivity index (χ1v) is 13.2. The van der Waals surface area contributed by atoms with Gasteiger partial charge in [0.1, 0.15) is 11.6 Å². The molecule has 8 nitrogen and oxygen atoms in total. The molecule has 2 aromatic rings. The summed E-state index contributed by atoms with van der Waals surface area (Å²) in [5, 5.41) is 11.6. The number of benzene rings is 2. The Balaban J connectivity index is 1.55. The number of amides is 3. The lowest BCUT2D eigenvalue weighted by molar-refractivity contribution is -0.144. The van der Waals surface area contributed by atoms with Crippen LogP contribution in [0.2, 0.25) is 0 Å². The first kappa shape index (κ1) is 26.1. The third kappa shape index (κ3) is 4.03. The number of likely N-dealkylation sites (tertiary alicyclic amines) is 1. The summed E-state index contributed by atoms with van der Waals surface area (Å²) in [5.41, 5.74) is -0.381. The lowest BCUT2D eigenvalue weighted by atomic mass is 9.70. The zero-order chi connectivity index (χ0) is 27.0. The molecule has 38 heavy (non-hydrogen) atoms. The Kier molecular flexibility index (Phi) is 7.11. The molecule has 5 atom stereocenters. The second-order valence-corrected chi connectivity index (χ2v) is 10.4. The first-order chi connectivity index (χ1) is 18.4. The van der Waals surface area contributed by atoms with E-state index in [1.807, 2.05) is 42.5 Å². The number of carbonyl (C=O) groups excluding carboxylic acids is 3. The number of anilines is 1. The predicted octanol–water partition coefficient (Wildman–Crippen LogP) is 2.76. The van der Waals surface area contributed by atoms with Crippen molar-refractivity contribution >= 4 is 34.2 Å². The van der Waals surface area contributed by atoms with E-state index in [2.05, 4.69) is 13.2 Å². The van der Waals surface area contributed by atoms with Crippen LogP contribution in [-0.2, 0) is 19.1 Å². The molecule has 3 fully saturated rings. The van der Waals surface area contributed by atoms with Crippen molar-refractivity contribution in [3.05, 3.63) is 67.8 Å². The quantitative estimate of drug-likeness (QED) is 0.490. The molecule has 3 amide bonds. The molecule has 0 aliphatic carbocycles. The molecule has 3 saturated heterocycles. The Bertz CT molecular complexity index is 1280. The minimum absolute atomic E-state index is 0.114. The lowest BCUT2D eigenvalue weighted by Gasteiger charge is -2.37. The smallest absolute Gasteiger partial charge is 0.253 e. The summed E-state index contributed by atoms with van der Waals surface area (Å²) in [6.45, 7) is 8.30. The zero-order valence-electron chi connectivity index (χ0n) is 21.8. The van der Waals surface area contributed by atoms with Gasteiger partial charge < -0.3 is 24.5 Å². The Labute approximate surface area is 223 Å². The van der Waals surface area contributed by atoms with Crippen molar-refractivity contribution in [2.24, 2.45) is 11.8 Å². The third-order valence-corrected chi connectivity index (χ3v) is 8.28. The van der Waals surface area contributed by atoms with Crippen LogP contribution in [0.4, 0.5) is 5.69 Å². The van der Waals surface area contributed by atoms with Crippen molar-refractivity contribution in [1.29, 1.82) is 0 Å². The highest BCUT2D eigenvalue weighted by atomic mass is 16.5. The van der Waals surface area contributed by atoms with E-state index >= 15 is 0 Å². The van der Waals surface area contributed by atoms with Crippen LogP contribution in [0, 0.1) is 11.8 Å². The van der Waals surface area contributed by atoms with E-state index in [0.717, 1.165) is 10.8 Å². The molecule has 2 bridgehead atoms. The van der Waals surface area contributed by atoms with Gasteiger partial charge in [0.25, 0.3) is 5.91 Å². The molecule has 1 spiro atoms. The molecular weight excluding hydrogens is 482 g/mol. The fourth-order valence-electron chi connectivity index (χ4n) is 6.68. The second-order valence-electron chi connectivity index (χ2n) is 10.4. The molecule has 5 rings (SSSR count). The van der Waals surface area contributed by atoms with Crippen LogP contribution in [0.3, 0.4) is 0 Å². The van der Waals surface area contributed by atoms with Crippen LogP contribution in [0.5, 0.6) is 0 Å². The van der Waals surface area contributed by atoms with Crippen LogP contribution >= 0.6 is 0 Å².